The van der Waals surface area contributed by atoms with Crippen LogP contribution in [0.3, 0.4) is 0 Å². The molecule has 0 radical (unpaired) electrons. The first-order chi connectivity index (χ1) is 16.9. The van der Waals surface area contributed by atoms with Crippen LogP contribution in [0.1, 0.15) is 29.2 Å². The zero-order valence-corrected chi connectivity index (χ0v) is 21.5. The molecule has 0 N–H and O–H groups in total. The van der Waals surface area contributed by atoms with Crippen molar-refractivity contribution in [2.24, 2.45) is 0 Å². The highest BCUT2D eigenvalue weighted by Gasteiger charge is 2.35. The van der Waals surface area contributed by atoms with Crippen molar-refractivity contribution in [3.05, 3.63) is 97.9 Å². The van der Waals surface area contributed by atoms with E-state index in [1.54, 1.807) is 36.4 Å². The fraction of sp³-hybridized carbons (Fsp3) is 0.185. The molecular formula is C27H23Cl2NO4S. The van der Waals surface area contributed by atoms with E-state index in [2.05, 4.69) is 0 Å². The van der Waals surface area contributed by atoms with Crippen LogP contribution in [0.4, 0.5) is 4.79 Å². The number of halogens is 2. The average molecular weight is 528 g/mol. The van der Waals surface area contributed by atoms with E-state index >= 15 is 0 Å². The summed E-state index contributed by atoms with van der Waals surface area (Å²) in [5, 5.41) is 0.567. The predicted molar refractivity (Wildman–Crippen MR) is 141 cm³/mol. The fourth-order valence-electron chi connectivity index (χ4n) is 3.60. The molecule has 1 saturated heterocycles. The maximum Gasteiger partial charge on any atom is 0.293 e. The van der Waals surface area contributed by atoms with Crippen LogP contribution >= 0.6 is 35.0 Å². The molecule has 5 nitrogen and oxygen atoms in total. The van der Waals surface area contributed by atoms with Crippen LogP contribution in [-0.2, 0) is 17.9 Å². The largest absolute Gasteiger partial charge is 0.490 e. The normalized spacial score (nSPS) is 14.6. The summed E-state index contributed by atoms with van der Waals surface area (Å²) in [6.45, 7) is 4.79. The van der Waals surface area contributed by atoms with Gasteiger partial charge in [0, 0.05) is 5.02 Å². The lowest BCUT2D eigenvalue weighted by Crippen LogP contribution is -2.27. The molecule has 0 saturated carbocycles. The number of amides is 2. The number of ether oxygens (including phenoxy) is 2. The minimum Gasteiger partial charge on any atom is -0.490 e. The van der Waals surface area contributed by atoms with Gasteiger partial charge in [-0.25, -0.2) is 0 Å². The van der Waals surface area contributed by atoms with Crippen molar-refractivity contribution in [2.75, 3.05) is 6.61 Å². The topological polar surface area (TPSA) is 55.8 Å². The van der Waals surface area contributed by atoms with Gasteiger partial charge in [-0.15, -0.1) is 0 Å². The molecule has 1 heterocycles. The summed E-state index contributed by atoms with van der Waals surface area (Å²) in [4.78, 5) is 27.0. The van der Waals surface area contributed by atoms with Crippen molar-refractivity contribution in [3.63, 3.8) is 0 Å². The molecule has 0 aromatic heterocycles. The summed E-state index contributed by atoms with van der Waals surface area (Å²) in [6, 6.07) is 18.5. The molecule has 1 aliphatic rings. The summed E-state index contributed by atoms with van der Waals surface area (Å²) in [6.07, 6.45) is 1.64. The highest BCUT2D eigenvalue weighted by atomic mass is 35.5. The van der Waals surface area contributed by atoms with Crippen molar-refractivity contribution in [1.29, 1.82) is 0 Å². The van der Waals surface area contributed by atoms with Gasteiger partial charge < -0.3 is 9.47 Å². The number of imide groups is 1. The van der Waals surface area contributed by atoms with Gasteiger partial charge in [-0.3, -0.25) is 14.5 Å². The first-order valence-corrected chi connectivity index (χ1v) is 12.6. The van der Waals surface area contributed by atoms with E-state index in [-0.39, 0.29) is 17.7 Å². The van der Waals surface area contributed by atoms with E-state index in [0.29, 0.717) is 45.2 Å². The van der Waals surface area contributed by atoms with Crippen LogP contribution in [0.2, 0.25) is 10.0 Å². The predicted octanol–water partition coefficient (Wildman–Crippen LogP) is 7.52. The second-order valence-corrected chi connectivity index (χ2v) is 9.71. The van der Waals surface area contributed by atoms with Crippen molar-refractivity contribution in [2.45, 2.75) is 27.0 Å². The van der Waals surface area contributed by atoms with Gasteiger partial charge in [0.05, 0.1) is 23.1 Å². The van der Waals surface area contributed by atoms with E-state index < -0.39 is 0 Å². The van der Waals surface area contributed by atoms with Crippen LogP contribution in [0.5, 0.6) is 11.5 Å². The molecule has 0 bridgehead atoms. The molecule has 0 atom stereocenters. The van der Waals surface area contributed by atoms with E-state index in [1.165, 1.54) is 4.90 Å². The van der Waals surface area contributed by atoms with Gasteiger partial charge in [-0.05, 0) is 78.2 Å². The molecule has 4 rings (SSSR count). The van der Waals surface area contributed by atoms with Gasteiger partial charge in [0.25, 0.3) is 11.1 Å². The Labute approximate surface area is 218 Å². The molecule has 3 aromatic carbocycles. The molecule has 35 heavy (non-hydrogen) atoms. The minimum absolute atomic E-state index is 0.152. The molecule has 1 fully saturated rings. The maximum atomic E-state index is 13.0. The van der Waals surface area contributed by atoms with Crippen LogP contribution in [0, 0.1) is 6.92 Å². The lowest BCUT2D eigenvalue weighted by atomic mass is 10.1. The molecule has 180 valence electrons. The third-order valence-corrected chi connectivity index (χ3v) is 6.79. The number of rotatable bonds is 8. The van der Waals surface area contributed by atoms with Gasteiger partial charge in [0.2, 0.25) is 0 Å². The van der Waals surface area contributed by atoms with Crippen LogP contribution < -0.4 is 9.47 Å². The Balaban J connectivity index is 1.56. The molecule has 1 aliphatic heterocycles. The molecule has 8 heteroatoms. The molecule has 3 aromatic rings. The number of hydrogen-bond acceptors (Lipinski definition) is 5. The smallest absolute Gasteiger partial charge is 0.293 e. The molecule has 0 spiro atoms. The summed E-state index contributed by atoms with van der Waals surface area (Å²) in [5.41, 5.74) is 3.57. The van der Waals surface area contributed by atoms with Gasteiger partial charge >= 0.3 is 0 Å². The van der Waals surface area contributed by atoms with E-state index in [4.69, 9.17) is 32.7 Å². The van der Waals surface area contributed by atoms with Crippen molar-refractivity contribution in [1.82, 2.24) is 4.90 Å². The van der Waals surface area contributed by atoms with Gasteiger partial charge in [0.1, 0.15) is 6.61 Å². The zero-order chi connectivity index (χ0) is 24.9. The first-order valence-electron chi connectivity index (χ1n) is 11.0. The molecule has 0 aliphatic carbocycles. The monoisotopic (exact) mass is 527 g/mol. The lowest BCUT2D eigenvalue weighted by molar-refractivity contribution is -0.123. The number of carbonyl (C=O) groups excluding carboxylic acids is 2. The lowest BCUT2D eigenvalue weighted by Gasteiger charge is -2.15. The highest BCUT2D eigenvalue weighted by molar-refractivity contribution is 8.18. The second kappa shape index (κ2) is 11.2. The number of aryl methyl sites for hydroxylation is 1. The number of hydrogen-bond donors (Lipinski definition) is 0. The Morgan fingerprint density at radius 3 is 2.54 bits per heavy atom. The van der Waals surface area contributed by atoms with Crippen LogP contribution in [0.25, 0.3) is 6.08 Å². The number of nitrogens with zero attached hydrogens (tertiary/aromatic N) is 1. The third kappa shape index (κ3) is 6.01. The van der Waals surface area contributed by atoms with E-state index in [0.717, 1.165) is 28.5 Å². The molecular weight excluding hydrogens is 505 g/mol. The average Bonchev–Trinajstić information content (AvgIpc) is 3.07. The molecule has 0 unspecified atom stereocenters. The first kappa shape index (κ1) is 25.2. The highest BCUT2D eigenvalue weighted by Crippen LogP contribution is 2.40. The molecule has 2 amide bonds. The minimum atomic E-state index is -0.367. The summed E-state index contributed by atoms with van der Waals surface area (Å²) >= 11 is 13.5. The Morgan fingerprint density at radius 1 is 1.00 bits per heavy atom. The van der Waals surface area contributed by atoms with Crippen LogP contribution in [0.15, 0.2) is 65.6 Å². The zero-order valence-electron chi connectivity index (χ0n) is 19.2. The number of thioether (sulfide) groups is 1. The standard InChI is InChI=1S/C27H23Cl2NO4S/c1-3-33-23-13-19(12-22(29)25(23)34-16-20-9-5-4-7-17(20)2)14-24-26(31)30(27(32)35-24)15-18-8-6-10-21(28)11-18/h4-14H,3,15-16H2,1-2H3/b24-14-. The maximum absolute atomic E-state index is 13.0. The van der Waals surface area contributed by atoms with Crippen LogP contribution in [-0.4, -0.2) is 22.7 Å². The fourth-order valence-corrected chi connectivity index (χ4v) is 4.93. The van der Waals surface area contributed by atoms with Crippen molar-refractivity contribution in [3.8, 4) is 11.5 Å². The SMILES string of the molecule is CCOc1cc(/C=C2\SC(=O)N(Cc3cccc(Cl)c3)C2=O)cc(Cl)c1OCc1ccccc1C. The number of benzene rings is 3. The Kier molecular flexibility index (Phi) is 8.06. The van der Waals surface area contributed by atoms with Gasteiger partial charge in [0.15, 0.2) is 11.5 Å². The summed E-state index contributed by atoms with van der Waals surface area (Å²) in [5.74, 6) is 0.537. The van der Waals surface area contributed by atoms with Crippen molar-refractivity contribution < 1.29 is 19.1 Å². The number of carbonyl (C=O) groups is 2. The Bertz CT molecular complexity index is 1310. The Hall–Kier alpha value is -2.93. The van der Waals surface area contributed by atoms with E-state index in [9.17, 15) is 9.59 Å². The quantitative estimate of drug-likeness (QED) is 0.283. The van der Waals surface area contributed by atoms with E-state index in [1.807, 2.05) is 44.2 Å². The van der Waals surface area contributed by atoms with Crippen molar-refractivity contribution >= 4 is 52.2 Å². The van der Waals surface area contributed by atoms with Gasteiger partial charge in [-0.2, -0.15) is 0 Å². The second-order valence-electron chi connectivity index (χ2n) is 7.88. The summed E-state index contributed by atoms with van der Waals surface area (Å²) < 4.78 is 11.8. The third-order valence-electron chi connectivity index (χ3n) is 5.37. The summed E-state index contributed by atoms with van der Waals surface area (Å²) in [7, 11) is 0. The van der Waals surface area contributed by atoms with Gasteiger partial charge in [-0.1, -0.05) is 59.6 Å². The Morgan fingerprint density at radius 2 is 1.80 bits per heavy atom.